The van der Waals surface area contributed by atoms with E-state index in [-0.39, 0.29) is 10.2 Å². The van der Waals surface area contributed by atoms with Crippen molar-refractivity contribution in [3.63, 3.8) is 0 Å². The average molecular weight is 351 g/mol. The van der Waals surface area contributed by atoms with Crippen LogP contribution in [0.2, 0.25) is 0 Å². The molecule has 0 aliphatic heterocycles. The van der Waals surface area contributed by atoms with Crippen LogP contribution >= 0.6 is 15.9 Å². The van der Waals surface area contributed by atoms with E-state index in [2.05, 4.69) is 26.2 Å². The second kappa shape index (κ2) is 5.29. The van der Waals surface area contributed by atoms with Gasteiger partial charge in [0.15, 0.2) is 0 Å². The third kappa shape index (κ3) is 2.67. The summed E-state index contributed by atoms with van der Waals surface area (Å²) in [4.78, 5) is 15.1. The first-order chi connectivity index (χ1) is 10.0. The van der Waals surface area contributed by atoms with Crippen LogP contribution in [0.25, 0.3) is 10.9 Å². The number of nitrogens with one attached hydrogen (secondary N) is 2. The Bertz CT molecular complexity index is 845. The van der Waals surface area contributed by atoms with E-state index in [1.54, 1.807) is 24.4 Å². The number of aromatic amines is 1. The monoisotopic (exact) mass is 350 g/mol. The number of benzene rings is 2. The molecule has 2 N–H and O–H groups in total. The van der Waals surface area contributed by atoms with Crippen LogP contribution in [0.1, 0.15) is 10.4 Å². The Labute approximate surface area is 127 Å². The van der Waals surface area contributed by atoms with Crippen molar-refractivity contribution >= 4 is 38.4 Å². The maximum Gasteiger partial charge on any atom is 0.255 e. The van der Waals surface area contributed by atoms with Crippen molar-refractivity contribution in [2.45, 2.75) is 0 Å². The number of halogens is 3. The Morgan fingerprint density at radius 1 is 1.10 bits per heavy atom. The largest absolute Gasteiger partial charge is 0.361 e. The molecule has 3 aromatic rings. The minimum Gasteiger partial charge on any atom is -0.361 e. The van der Waals surface area contributed by atoms with Gasteiger partial charge in [0.2, 0.25) is 0 Å². The number of anilines is 1. The summed E-state index contributed by atoms with van der Waals surface area (Å²) in [5, 5.41) is 3.31. The molecule has 0 bridgehead atoms. The molecule has 21 heavy (non-hydrogen) atoms. The van der Waals surface area contributed by atoms with Gasteiger partial charge in [0.05, 0.1) is 10.2 Å². The van der Waals surface area contributed by atoms with Gasteiger partial charge in [-0.25, -0.2) is 8.78 Å². The zero-order valence-electron chi connectivity index (χ0n) is 10.6. The number of H-pyrrole nitrogens is 1. The summed E-state index contributed by atoms with van der Waals surface area (Å²) in [6.07, 6.45) is 1.77. The zero-order chi connectivity index (χ0) is 15.0. The summed E-state index contributed by atoms with van der Waals surface area (Å²) in [5.41, 5.74) is 1.21. The van der Waals surface area contributed by atoms with Crippen molar-refractivity contribution in [1.82, 2.24) is 4.98 Å². The third-order valence-electron chi connectivity index (χ3n) is 3.07. The molecule has 1 aromatic heterocycles. The fourth-order valence-corrected chi connectivity index (χ4v) is 2.35. The van der Waals surface area contributed by atoms with E-state index in [9.17, 15) is 13.6 Å². The summed E-state index contributed by atoms with van der Waals surface area (Å²) >= 11 is 2.96. The molecule has 0 aliphatic rings. The minimum absolute atomic E-state index is 0.0811. The normalized spacial score (nSPS) is 10.8. The highest BCUT2D eigenvalue weighted by Crippen LogP contribution is 2.24. The molecule has 0 spiro atoms. The van der Waals surface area contributed by atoms with Crippen LogP contribution in [0, 0.1) is 11.6 Å². The van der Waals surface area contributed by atoms with Crippen LogP contribution in [0.5, 0.6) is 0 Å². The van der Waals surface area contributed by atoms with E-state index < -0.39 is 17.5 Å². The maximum atomic E-state index is 13.6. The first-order valence-corrected chi connectivity index (χ1v) is 6.87. The molecule has 0 fully saturated rings. The lowest BCUT2D eigenvalue weighted by Gasteiger charge is -2.08. The Morgan fingerprint density at radius 3 is 2.71 bits per heavy atom. The van der Waals surface area contributed by atoms with Crippen LogP contribution in [0.4, 0.5) is 14.5 Å². The van der Waals surface area contributed by atoms with Gasteiger partial charge in [0, 0.05) is 28.7 Å². The number of fused-ring (bicyclic) bond motifs is 1. The second-order valence-electron chi connectivity index (χ2n) is 4.48. The molecule has 6 heteroatoms. The van der Waals surface area contributed by atoms with Crippen LogP contribution in [-0.2, 0) is 0 Å². The quantitative estimate of drug-likeness (QED) is 0.658. The Hall–Kier alpha value is -2.21. The molecular formula is C15H9BrF2N2O. The van der Waals surface area contributed by atoms with Crippen LogP contribution < -0.4 is 5.32 Å². The summed E-state index contributed by atoms with van der Waals surface area (Å²) in [7, 11) is 0. The van der Waals surface area contributed by atoms with Gasteiger partial charge in [0.25, 0.3) is 5.91 Å². The van der Waals surface area contributed by atoms with Crippen molar-refractivity contribution < 1.29 is 13.6 Å². The van der Waals surface area contributed by atoms with Crippen LogP contribution in [-0.4, -0.2) is 10.9 Å². The number of amides is 1. The predicted octanol–water partition coefficient (Wildman–Crippen LogP) is 4.46. The van der Waals surface area contributed by atoms with E-state index in [1.165, 1.54) is 6.07 Å². The standard InChI is InChI=1S/C15H9BrF2N2O/c16-10-6-14(12(18)7-11(10)17)20-15(21)9-1-2-13-8(5-9)3-4-19-13/h1-7,19H,(H,20,21). The molecular weight excluding hydrogens is 342 g/mol. The van der Waals surface area contributed by atoms with E-state index in [1.807, 2.05) is 6.07 Å². The lowest BCUT2D eigenvalue weighted by Crippen LogP contribution is -2.13. The molecule has 106 valence electrons. The molecule has 3 nitrogen and oxygen atoms in total. The number of hydrogen-bond donors (Lipinski definition) is 2. The van der Waals surface area contributed by atoms with Gasteiger partial charge in [-0.05, 0) is 46.3 Å². The maximum absolute atomic E-state index is 13.6. The average Bonchev–Trinajstić information content (AvgIpc) is 2.92. The van der Waals surface area contributed by atoms with Crippen molar-refractivity contribution in [2.75, 3.05) is 5.32 Å². The van der Waals surface area contributed by atoms with Crippen LogP contribution in [0.3, 0.4) is 0 Å². The van der Waals surface area contributed by atoms with Gasteiger partial charge < -0.3 is 10.3 Å². The van der Waals surface area contributed by atoms with Crippen molar-refractivity contribution in [3.8, 4) is 0 Å². The lowest BCUT2D eigenvalue weighted by atomic mass is 10.1. The number of aromatic nitrogens is 1. The molecule has 1 heterocycles. The summed E-state index contributed by atoms with van der Waals surface area (Å²) < 4.78 is 26.9. The summed E-state index contributed by atoms with van der Waals surface area (Å²) in [6.45, 7) is 0. The topological polar surface area (TPSA) is 44.9 Å². The summed E-state index contributed by atoms with van der Waals surface area (Å²) in [6, 6.07) is 8.83. The number of hydrogen-bond acceptors (Lipinski definition) is 1. The number of rotatable bonds is 2. The van der Waals surface area contributed by atoms with E-state index in [0.717, 1.165) is 17.0 Å². The van der Waals surface area contributed by atoms with Gasteiger partial charge in [-0.3, -0.25) is 4.79 Å². The molecule has 0 unspecified atom stereocenters. The van der Waals surface area contributed by atoms with Crippen molar-refractivity contribution in [3.05, 3.63) is 64.3 Å². The first-order valence-electron chi connectivity index (χ1n) is 6.07. The van der Waals surface area contributed by atoms with Gasteiger partial charge in [-0.2, -0.15) is 0 Å². The van der Waals surface area contributed by atoms with E-state index in [4.69, 9.17) is 0 Å². The molecule has 0 radical (unpaired) electrons. The minimum atomic E-state index is -0.827. The van der Waals surface area contributed by atoms with Crippen molar-refractivity contribution in [2.24, 2.45) is 0 Å². The highest BCUT2D eigenvalue weighted by atomic mass is 79.9. The van der Waals surface area contributed by atoms with Gasteiger partial charge >= 0.3 is 0 Å². The van der Waals surface area contributed by atoms with E-state index >= 15 is 0 Å². The Morgan fingerprint density at radius 2 is 1.90 bits per heavy atom. The fourth-order valence-electron chi connectivity index (χ4n) is 2.01. The van der Waals surface area contributed by atoms with Crippen molar-refractivity contribution in [1.29, 1.82) is 0 Å². The SMILES string of the molecule is O=C(Nc1cc(Br)c(F)cc1F)c1ccc2[nH]ccc2c1. The molecule has 0 atom stereocenters. The smallest absolute Gasteiger partial charge is 0.255 e. The molecule has 0 aliphatic carbocycles. The molecule has 2 aromatic carbocycles. The Kier molecular flexibility index (Phi) is 3.47. The molecule has 0 saturated carbocycles. The highest BCUT2D eigenvalue weighted by molar-refractivity contribution is 9.10. The Balaban J connectivity index is 1.90. The molecule has 3 rings (SSSR count). The third-order valence-corrected chi connectivity index (χ3v) is 3.68. The second-order valence-corrected chi connectivity index (χ2v) is 5.33. The summed E-state index contributed by atoms with van der Waals surface area (Å²) in [5.74, 6) is -2.01. The number of carbonyl (C=O) groups is 1. The highest BCUT2D eigenvalue weighted by Gasteiger charge is 2.13. The van der Waals surface area contributed by atoms with Gasteiger partial charge in [0.1, 0.15) is 11.6 Å². The zero-order valence-corrected chi connectivity index (χ0v) is 12.2. The predicted molar refractivity (Wildman–Crippen MR) is 80.3 cm³/mol. The van der Waals surface area contributed by atoms with Gasteiger partial charge in [-0.15, -0.1) is 0 Å². The van der Waals surface area contributed by atoms with Crippen LogP contribution in [0.15, 0.2) is 47.1 Å². The number of carbonyl (C=O) groups excluding carboxylic acids is 1. The fraction of sp³-hybridized carbons (Fsp3) is 0. The van der Waals surface area contributed by atoms with E-state index in [0.29, 0.717) is 5.56 Å². The van der Waals surface area contributed by atoms with Gasteiger partial charge in [-0.1, -0.05) is 0 Å². The molecule has 0 saturated heterocycles. The molecule has 1 amide bonds. The lowest BCUT2D eigenvalue weighted by molar-refractivity contribution is 0.102. The first kappa shape index (κ1) is 13.8.